The number of hydrogen-bond donors (Lipinski definition) is 2. The van der Waals surface area contributed by atoms with Gasteiger partial charge in [0.05, 0.1) is 18.8 Å². The quantitative estimate of drug-likeness (QED) is 0.569. The Balaban J connectivity index is 2.75. The summed E-state index contributed by atoms with van der Waals surface area (Å²) in [6, 6.07) is 4.97. The van der Waals surface area contributed by atoms with Crippen LogP contribution in [0, 0.1) is 5.82 Å². The predicted octanol–water partition coefficient (Wildman–Crippen LogP) is 2.45. The van der Waals surface area contributed by atoms with Gasteiger partial charge in [-0.1, -0.05) is 6.07 Å². The molecule has 0 aliphatic carbocycles. The lowest BCUT2D eigenvalue weighted by Gasteiger charge is -2.24. The molecule has 0 radical (unpaired) electrons. The minimum absolute atomic E-state index is 0.254. The van der Waals surface area contributed by atoms with E-state index in [4.69, 9.17) is 9.47 Å². The van der Waals surface area contributed by atoms with Gasteiger partial charge in [0.15, 0.2) is 5.96 Å². The van der Waals surface area contributed by atoms with Gasteiger partial charge in [0, 0.05) is 32.9 Å². The van der Waals surface area contributed by atoms with Crippen LogP contribution < -0.4 is 10.6 Å². The molecule has 0 aromatic heterocycles. The average Bonchev–Trinajstić information content (AvgIpc) is 2.53. The van der Waals surface area contributed by atoms with Crippen LogP contribution in [0.4, 0.5) is 4.39 Å². The minimum Gasteiger partial charge on any atom is -0.380 e. The predicted molar refractivity (Wildman–Crippen MR) is 91.0 cm³/mol. The zero-order valence-electron chi connectivity index (χ0n) is 14.7. The van der Waals surface area contributed by atoms with Crippen molar-refractivity contribution in [1.82, 2.24) is 10.6 Å². The van der Waals surface area contributed by atoms with Crippen molar-refractivity contribution in [2.75, 3.05) is 27.3 Å². The van der Waals surface area contributed by atoms with Gasteiger partial charge in [0.25, 0.3) is 0 Å². The number of aliphatic imine (C=N–C) groups is 1. The van der Waals surface area contributed by atoms with Crippen LogP contribution >= 0.6 is 0 Å². The smallest absolute Gasteiger partial charge is 0.191 e. The number of nitrogens with one attached hydrogen (secondary N) is 2. The summed E-state index contributed by atoms with van der Waals surface area (Å²) in [7, 11) is 3.23. The Bertz CT molecular complexity index is 519. The fraction of sp³-hybridized carbons (Fsp3) is 0.588. The van der Waals surface area contributed by atoms with Gasteiger partial charge in [-0.2, -0.15) is 0 Å². The van der Waals surface area contributed by atoms with Crippen LogP contribution in [0.15, 0.2) is 23.2 Å². The Morgan fingerprint density at radius 2 is 2.00 bits per heavy atom. The van der Waals surface area contributed by atoms with E-state index in [2.05, 4.69) is 15.6 Å². The molecule has 0 fully saturated rings. The summed E-state index contributed by atoms with van der Waals surface area (Å²) in [6.07, 6.45) is 0. The highest BCUT2D eigenvalue weighted by molar-refractivity contribution is 5.79. The lowest BCUT2D eigenvalue weighted by molar-refractivity contribution is 0.0268. The molecule has 0 aliphatic rings. The zero-order valence-corrected chi connectivity index (χ0v) is 14.7. The number of methoxy groups -OCH3 is 2. The summed E-state index contributed by atoms with van der Waals surface area (Å²) < 4.78 is 24.0. The fourth-order valence-electron chi connectivity index (χ4n) is 1.87. The van der Waals surface area contributed by atoms with Crippen LogP contribution in [0.2, 0.25) is 0 Å². The van der Waals surface area contributed by atoms with Crippen molar-refractivity contribution in [3.05, 3.63) is 35.1 Å². The van der Waals surface area contributed by atoms with E-state index in [9.17, 15) is 4.39 Å². The summed E-state index contributed by atoms with van der Waals surface area (Å²) in [5.41, 5.74) is 1.19. The molecule has 0 amide bonds. The molecule has 0 aliphatic heterocycles. The van der Waals surface area contributed by atoms with Crippen LogP contribution in [0.5, 0.6) is 0 Å². The minimum atomic E-state index is -0.280. The molecule has 2 N–H and O–H groups in total. The summed E-state index contributed by atoms with van der Waals surface area (Å²) in [5, 5.41) is 6.43. The molecule has 130 valence electrons. The standard InChI is InChI=1S/C17H28FN3O2/c1-6-19-16(21-12-17(2,3)23-5)20-10-13-7-8-15(18)14(9-13)11-22-4/h7-9H,6,10-12H2,1-5H3,(H2,19,20,21). The van der Waals surface area contributed by atoms with Crippen LogP contribution in [0.25, 0.3) is 0 Å². The highest BCUT2D eigenvalue weighted by Crippen LogP contribution is 2.12. The second-order valence-corrected chi connectivity index (χ2v) is 5.87. The first-order chi connectivity index (χ1) is 10.9. The van der Waals surface area contributed by atoms with E-state index in [1.807, 2.05) is 20.8 Å². The molecular formula is C17H28FN3O2. The highest BCUT2D eigenvalue weighted by atomic mass is 19.1. The molecule has 0 saturated carbocycles. The maximum atomic E-state index is 13.6. The first kappa shape index (κ1) is 19.4. The maximum absolute atomic E-state index is 13.6. The lowest BCUT2D eigenvalue weighted by Crippen LogP contribution is -2.45. The number of hydrogen-bond acceptors (Lipinski definition) is 3. The van der Waals surface area contributed by atoms with Gasteiger partial charge >= 0.3 is 0 Å². The SMILES string of the molecule is CCNC(=NCc1ccc(F)c(COC)c1)NCC(C)(C)OC. The lowest BCUT2D eigenvalue weighted by atomic mass is 10.1. The van der Waals surface area contributed by atoms with E-state index in [1.54, 1.807) is 26.4 Å². The number of guanidine groups is 1. The first-order valence-corrected chi connectivity index (χ1v) is 7.75. The molecular weight excluding hydrogens is 297 g/mol. The molecule has 0 atom stereocenters. The molecule has 0 heterocycles. The Morgan fingerprint density at radius 3 is 2.61 bits per heavy atom. The number of rotatable bonds is 8. The van der Waals surface area contributed by atoms with Crippen LogP contribution in [-0.4, -0.2) is 38.9 Å². The molecule has 0 bridgehead atoms. The molecule has 6 heteroatoms. The third-order valence-corrected chi connectivity index (χ3v) is 3.41. The highest BCUT2D eigenvalue weighted by Gasteiger charge is 2.16. The zero-order chi connectivity index (χ0) is 17.3. The summed E-state index contributed by atoms with van der Waals surface area (Å²) in [6.45, 7) is 8.11. The summed E-state index contributed by atoms with van der Waals surface area (Å²) in [4.78, 5) is 4.53. The maximum Gasteiger partial charge on any atom is 0.191 e. The topological polar surface area (TPSA) is 54.9 Å². The van der Waals surface area contributed by atoms with Crippen molar-refractivity contribution in [3.8, 4) is 0 Å². The number of ether oxygens (including phenoxy) is 2. The van der Waals surface area contributed by atoms with Crippen molar-refractivity contribution < 1.29 is 13.9 Å². The van der Waals surface area contributed by atoms with Crippen molar-refractivity contribution >= 4 is 5.96 Å². The van der Waals surface area contributed by atoms with Gasteiger partial charge in [-0.25, -0.2) is 9.38 Å². The van der Waals surface area contributed by atoms with Crippen molar-refractivity contribution in [2.45, 2.75) is 39.5 Å². The Hall–Kier alpha value is -1.66. The largest absolute Gasteiger partial charge is 0.380 e. The number of nitrogens with zero attached hydrogens (tertiary/aromatic N) is 1. The van der Waals surface area contributed by atoms with Crippen LogP contribution in [0.3, 0.4) is 0 Å². The average molecular weight is 325 g/mol. The normalized spacial score (nSPS) is 12.3. The molecule has 0 saturated heterocycles. The van der Waals surface area contributed by atoms with E-state index in [0.717, 1.165) is 12.1 Å². The van der Waals surface area contributed by atoms with Gasteiger partial charge in [-0.3, -0.25) is 0 Å². The number of halogens is 1. The van der Waals surface area contributed by atoms with Gasteiger partial charge in [-0.05, 0) is 38.5 Å². The van der Waals surface area contributed by atoms with Crippen molar-refractivity contribution in [3.63, 3.8) is 0 Å². The first-order valence-electron chi connectivity index (χ1n) is 7.75. The molecule has 1 rings (SSSR count). The molecule has 1 aromatic rings. The Labute approximate surface area is 138 Å². The van der Waals surface area contributed by atoms with E-state index < -0.39 is 0 Å². The van der Waals surface area contributed by atoms with Gasteiger partial charge in [0.1, 0.15) is 5.82 Å². The van der Waals surface area contributed by atoms with Crippen molar-refractivity contribution in [2.24, 2.45) is 4.99 Å². The third kappa shape index (κ3) is 6.97. The van der Waals surface area contributed by atoms with Gasteiger partial charge in [0.2, 0.25) is 0 Å². The third-order valence-electron chi connectivity index (χ3n) is 3.41. The molecule has 0 spiro atoms. The van der Waals surface area contributed by atoms with E-state index in [-0.39, 0.29) is 18.0 Å². The summed E-state index contributed by atoms with van der Waals surface area (Å²) >= 11 is 0. The Morgan fingerprint density at radius 1 is 1.26 bits per heavy atom. The van der Waals surface area contributed by atoms with Crippen LogP contribution in [0.1, 0.15) is 31.9 Å². The van der Waals surface area contributed by atoms with Gasteiger partial charge < -0.3 is 20.1 Å². The second-order valence-electron chi connectivity index (χ2n) is 5.87. The fourth-order valence-corrected chi connectivity index (χ4v) is 1.87. The Kier molecular flexibility index (Phi) is 7.98. The van der Waals surface area contributed by atoms with Crippen LogP contribution in [-0.2, 0) is 22.6 Å². The summed E-state index contributed by atoms with van der Waals surface area (Å²) in [5.74, 6) is 0.446. The van der Waals surface area contributed by atoms with Gasteiger partial charge in [-0.15, -0.1) is 0 Å². The molecule has 23 heavy (non-hydrogen) atoms. The molecule has 5 nitrogen and oxygen atoms in total. The molecule has 1 aromatic carbocycles. The van der Waals surface area contributed by atoms with E-state index >= 15 is 0 Å². The van der Waals surface area contributed by atoms with E-state index in [1.165, 1.54) is 6.07 Å². The van der Waals surface area contributed by atoms with E-state index in [0.29, 0.717) is 24.6 Å². The van der Waals surface area contributed by atoms with Crippen molar-refractivity contribution in [1.29, 1.82) is 0 Å². The second kappa shape index (κ2) is 9.47. The molecule has 0 unspecified atom stereocenters. The number of benzene rings is 1. The monoisotopic (exact) mass is 325 g/mol.